The topological polar surface area (TPSA) is 67.5 Å². The van der Waals surface area contributed by atoms with E-state index in [-0.39, 0.29) is 23.9 Å². The average molecular weight is 412 g/mol. The molecular weight excluding hydrogens is 378 g/mol. The summed E-state index contributed by atoms with van der Waals surface area (Å²) in [6.45, 7) is 4.37. The lowest BCUT2D eigenvalue weighted by molar-refractivity contribution is -0.135. The Balaban J connectivity index is 1.54. The quantitative estimate of drug-likeness (QED) is 0.806. The van der Waals surface area contributed by atoms with Gasteiger partial charge in [0.25, 0.3) is 5.91 Å². The van der Waals surface area contributed by atoms with Crippen molar-refractivity contribution in [1.82, 2.24) is 14.8 Å². The Morgan fingerprint density at radius 2 is 1.73 bits per heavy atom. The largest absolute Gasteiger partial charge is 0.460 e. The van der Waals surface area contributed by atoms with E-state index in [9.17, 15) is 9.59 Å². The van der Waals surface area contributed by atoms with Gasteiger partial charge in [0.15, 0.2) is 5.58 Å². The van der Waals surface area contributed by atoms with Gasteiger partial charge in [-0.1, -0.05) is 38.5 Å². The number of furan rings is 1. The molecule has 5 rings (SSSR count). The Morgan fingerprint density at radius 1 is 1.07 bits per heavy atom. The summed E-state index contributed by atoms with van der Waals surface area (Å²) in [7, 11) is 0. The van der Waals surface area contributed by atoms with Crippen molar-refractivity contribution < 1.29 is 14.0 Å². The van der Waals surface area contributed by atoms with Gasteiger partial charge in [0.05, 0.1) is 12.1 Å². The minimum Gasteiger partial charge on any atom is -0.460 e. The molecule has 0 radical (unpaired) electrons. The van der Waals surface area contributed by atoms with Crippen LogP contribution in [0.3, 0.4) is 0 Å². The van der Waals surface area contributed by atoms with Crippen LogP contribution in [0.15, 0.2) is 16.5 Å². The van der Waals surface area contributed by atoms with Crippen molar-refractivity contribution in [3.8, 4) is 0 Å². The van der Waals surface area contributed by atoms with Gasteiger partial charge in [-0.15, -0.1) is 0 Å². The lowest BCUT2D eigenvalue weighted by atomic mass is 9.86. The molecule has 0 spiro atoms. The van der Waals surface area contributed by atoms with Crippen LogP contribution in [0.4, 0.5) is 0 Å². The highest BCUT2D eigenvalue weighted by Gasteiger charge is 2.51. The number of carbonyl (C=O) groups is 2. The monoisotopic (exact) mass is 411 g/mol. The predicted molar refractivity (Wildman–Crippen MR) is 115 cm³/mol. The van der Waals surface area contributed by atoms with Crippen LogP contribution in [0, 0.1) is 6.92 Å². The van der Waals surface area contributed by atoms with E-state index in [0.29, 0.717) is 12.2 Å². The molecular formula is C24H33N3O3. The van der Waals surface area contributed by atoms with Crippen LogP contribution >= 0.6 is 0 Å². The third-order valence-electron chi connectivity index (χ3n) is 7.52. The highest BCUT2D eigenvalue weighted by molar-refractivity contribution is 6.03. The molecule has 30 heavy (non-hydrogen) atoms. The minimum atomic E-state index is -0.888. The third kappa shape index (κ3) is 3.15. The number of fused-ring (bicyclic) bond motifs is 3. The first kappa shape index (κ1) is 19.7. The molecule has 1 atom stereocenters. The van der Waals surface area contributed by atoms with Gasteiger partial charge in [-0.2, -0.15) is 0 Å². The molecule has 6 nitrogen and oxygen atoms in total. The summed E-state index contributed by atoms with van der Waals surface area (Å²) in [5.41, 5.74) is 1.41. The van der Waals surface area contributed by atoms with Gasteiger partial charge in [-0.25, -0.2) is 0 Å². The van der Waals surface area contributed by atoms with Gasteiger partial charge in [0, 0.05) is 24.2 Å². The molecule has 3 heterocycles. The summed E-state index contributed by atoms with van der Waals surface area (Å²) in [5.74, 6) is 0.797. The highest BCUT2D eigenvalue weighted by atomic mass is 16.3. The van der Waals surface area contributed by atoms with E-state index < -0.39 is 5.54 Å². The minimum absolute atomic E-state index is 0.000963. The number of nitrogens with one attached hydrogen (secondary N) is 1. The molecule has 2 saturated carbocycles. The van der Waals surface area contributed by atoms with Crippen LogP contribution in [0.2, 0.25) is 0 Å². The van der Waals surface area contributed by atoms with Crippen molar-refractivity contribution in [3.63, 3.8) is 0 Å². The first-order valence-corrected chi connectivity index (χ1v) is 11.7. The molecule has 3 aliphatic rings. The Labute approximate surface area is 178 Å². The molecule has 2 amide bonds. The van der Waals surface area contributed by atoms with Crippen LogP contribution in [0.25, 0.3) is 11.1 Å². The summed E-state index contributed by atoms with van der Waals surface area (Å²) >= 11 is 0. The molecule has 162 valence electrons. The molecule has 0 bridgehead atoms. The maximum Gasteiger partial charge on any atom is 0.271 e. The first-order chi connectivity index (χ1) is 14.5. The Kier molecular flexibility index (Phi) is 4.91. The summed E-state index contributed by atoms with van der Waals surface area (Å²) in [6.07, 6.45) is 11.1. The highest BCUT2D eigenvalue weighted by Crippen LogP contribution is 2.38. The van der Waals surface area contributed by atoms with Crippen LogP contribution in [-0.4, -0.2) is 38.9 Å². The second-order valence-electron chi connectivity index (χ2n) is 9.77. The van der Waals surface area contributed by atoms with Crippen molar-refractivity contribution in [2.75, 3.05) is 0 Å². The number of aromatic nitrogens is 1. The van der Waals surface area contributed by atoms with Crippen LogP contribution in [-0.2, 0) is 11.3 Å². The molecule has 0 aromatic carbocycles. The van der Waals surface area contributed by atoms with E-state index in [1.807, 2.05) is 35.4 Å². The smallest absolute Gasteiger partial charge is 0.271 e. The molecule has 6 heteroatoms. The van der Waals surface area contributed by atoms with Crippen LogP contribution in [0.5, 0.6) is 0 Å². The number of aryl methyl sites for hydroxylation is 1. The SMILES string of the molecule is Cc1cc2c(cc3n2CC(C)(C(=O)NC2CCCCC2)N(C2CCCCC2)C3=O)o1. The summed E-state index contributed by atoms with van der Waals surface area (Å²) in [4.78, 5) is 29.4. The van der Waals surface area contributed by atoms with Gasteiger partial charge in [0.1, 0.15) is 17.0 Å². The third-order valence-corrected chi connectivity index (χ3v) is 7.52. The van der Waals surface area contributed by atoms with Gasteiger partial charge in [-0.3, -0.25) is 9.59 Å². The zero-order valence-electron chi connectivity index (χ0n) is 18.2. The van der Waals surface area contributed by atoms with E-state index in [2.05, 4.69) is 5.32 Å². The number of nitrogens with zero attached hydrogens (tertiary/aromatic N) is 2. The van der Waals surface area contributed by atoms with Crippen molar-refractivity contribution in [2.24, 2.45) is 0 Å². The molecule has 0 saturated heterocycles. The van der Waals surface area contributed by atoms with E-state index in [1.165, 1.54) is 25.7 Å². The van der Waals surface area contributed by atoms with E-state index in [0.717, 1.165) is 55.4 Å². The normalized spacial score (nSPS) is 26.2. The maximum atomic E-state index is 13.8. The molecule has 1 aliphatic heterocycles. The Bertz CT molecular complexity index is 962. The van der Waals surface area contributed by atoms with Gasteiger partial charge in [-0.05, 0) is 39.5 Å². The van der Waals surface area contributed by atoms with Gasteiger partial charge >= 0.3 is 0 Å². The number of carbonyl (C=O) groups excluding carboxylic acids is 2. The fourth-order valence-corrected chi connectivity index (χ4v) is 5.92. The maximum absolute atomic E-state index is 13.8. The second-order valence-corrected chi connectivity index (χ2v) is 9.77. The Hall–Kier alpha value is -2.24. The zero-order valence-corrected chi connectivity index (χ0v) is 18.2. The van der Waals surface area contributed by atoms with Crippen molar-refractivity contribution in [3.05, 3.63) is 23.6 Å². The van der Waals surface area contributed by atoms with Crippen molar-refractivity contribution in [1.29, 1.82) is 0 Å². The van der Waals surface area contributed by atoms with E-state index in [4.69, 9.17) is 4.42 Å². The molecule has 2 fully saturated rings. The first-order valence-electron chi connectivity index (χ1n) is 11.7. The summed E-state index contributed by atoms with van der Waals surface area (Å²) < 4.78 is 7.82. The zero-order chi connectivity index (χ0) is 20.9. The fourth-order valence-electron chi connectivity index (χ4n) is 5.92. The predicted octanol–water partition coefficient (Wildman–Crippen LogP) is 4.54. The van der Waals surface area contributed by atoms with Crippen molar-refractivity contribution >= 4 is 22.9 Å². The number of amides is 2. The average Bonchev–Trinajstić information content (AvgIpc) is 3.26. The van der Waals surface area contributed by atoms with Crippen LogP contribution in [0.1, 0.15) is 87.4 Å². The van der Waals surface area contributed by atoms with E-state index in [1.54, 1.807) is 0 Å². The molecule has 2 aliphatic carbocycles. The summed E-state index contributed by atoms with van der Waals surface area (Å²) in [6, 6.07) is 4.19. The molecule has 1 N–H and O–H groups in total. The fraction of sp³-hybridized carbons (Fsp3) is 0.667. The Morgan fingerprint density at radius 3 is 2.43 bits per heavy atom. The van der Waals surface area contributed by atoms with Gasteiger partial charge in [0.2, 0.25) is 5.91 Å². The number of rotatable bonds is 3. The number of hydrogen-bond donors (Lipinski definition) is 1. The van der Waals surface area contributed by atoms with E-state index >= 15 is 0 Å². The number of hydrogen-bond acceptors (Lipinski definition) is 3. The van der Waals surface area contributed by atoms with Crippen molar-refractivity contribution in [2.45, 2.75) is 102 Å². The second kappa shape index (κ2) is 7.47. The lowest BCUT2D eigenvalue weighted by Gasteiger charge is -2.49. The molecule has 2 aromatic heterocycles. The van der Waals surface area contributed by atoms with Crippen LogP contribution < -0.4 is 5.32 Å². The molecule has 1 unspecified atom stereocenters. The standard InChI is InChI=1S/C24H33N3O3/c1-16-13-19-21(30-16)14-20-22(28)27(18-11-7-4-8-12-18)24(2,15-26(19)20)23(29)25-17-9-5-3-6-10-17/h13-14,17-18H,3-12,15H2,1-2H3,(H,25,29). The molecule has 2 aromatic rings. The summed E-state index contributed by atoms with van der Waals surface area (Å²) in [5, 5.41) is 3.33. The van der Waals surface area contributed by atoms with Gasteiger partial charge < -0.3 is 19.2 Å². The lowest BCUT2D eigenvalue weighted by Crippen LogP contribution is -2.67.